The fourth-order valence-corrected chi connectivity index (χ4v) is 3.51. The predicted octanol–water partition coefficient (Wildman–Crippen LogP) is 4.08. The highest BCUT2D eigenvalue weighted by atomic mass is 35.5. The Balaban J connectivity index is 2.09. The lowest BCUT2D eigenvalue weighted by Gasteiger charge is -2.27. The summed E-state index contributed by atoms with van der Waals surface area (Å²) >= 11 is 12.1. The number of benzene rings is 1. The summed E-state index contributed by atoms with van der Waals surface area (Å²) in [6.07, 6.45) is 9.64. The summed E-state index contributed by atoms with van der Waals surface area (Å²) in [7, 11) is -3.53. The smallest absolute Gasteiger partial charge is 0.264 e. The Labute approximate surface area is 170 Å². The first kappa shape index (κ1) is 22.0. The van der Waals surface area contributed by atoms with Crippen LogP contribution in [0.1, 0.15) is 31.2 Å². The molecule has 8 heteroatoms. The van der Waals surface area contributed by atoms with Crippen LogP contribution < -0.4 is 5.32 Å². The van der Waals surface area contributed by atoms with Crippen molar-refractivity contribution >= 4 is 39.2 Å². The van der Waals surface area contributed by atoms with E-state index in [0.717, 1.165) is 11.8 Å². The molecule has 0 heterocycles. The van der Waals surface area contributed by atoms with Gasteiger partial charge in [0.1, 0.15) is 0 Å². The van der Waals surface area contributed by atoms with Gasteiger partial charge < -0.3 is 5.32 Å². The summed E-state index contributed by atoms with van der Waals surface area (Å²) < 4.78 is 27.3. The fourth-order valence-electron chi connectivity index (χ4n) is 2.81. The molecule has 0 fully saturated rings. The molecule has 0 aromatic heterocycles. The van der Waals surface area contributed by atoms with Crippen LogP contribution in [-0.4, -0.2) is 33.7 Å². The molecule has 0 saturated carbocycles. The van der Waals surface area contributed by atoms with Crippen LogP contribution in [0.4, 0.5) is 0 Å². The third-order valence-electron chi connectivity index (χ3n) is 4.46. The predicted molar refractivity (Wildman–Crippen MR) is 109 cm³/mol. The summed E-state index contributed by atoms with van der Waals surface area (Å²) in [6, 6.07) is 5.23. The minimum absolute atomic E-state index is 0.0134. The molecule has 1 aromatic rings. The number of hydrogen-bond acceptors (Lipinski definition) is 4. The number of rotatable bonds is 8. The van der Waals surface area contributed by atoms with Crippen molar-refractivity contribution in [2.24, 2.45) is 5.41 Å². The summed E-state index contributed by atoms with van der Waals surface area (Å²) in [4.78, 5) is 12.6. The molecular weight excluding hydrogens is 409 g/mol. The molecule has 2 atom stereocenters. The van der Waals surface area contributed by atoms with E-state index >= 15 is 0 Å². The standard InChI is InChI=1S/C19H23Cl2NO4S/c1-19(9-4-3-5-10-19)18(23)22-13-15(8-11-26-27(2,24)25)14-6-7-16(20)17(21)12-14/h3-7,9,12,15H,8,10-11,13H2,1-2H3,(H,22,23). The molecule has 0 saturated heterocycles. The van der Waals surface area contributed by atoms with Crippen molar-refractivity contribution in [3.05, 3.63) is 58.1 Å². The van der Waals surface area contributed by atoms with Gasteiger partial charge in [0.05, 0.1) is 28.3 Å². The number of nitrogens with one attached hydrogen (secondary N) is 1. The highest BCUT2D eigenvalue weighted by molar-refractivity contribution is 7.85. The van der Waals surface area contributed by atoms with Gasteiger partial charge in [-0.05, 0) is 37.5 Å². The Morgan fingerprint density at radius 2 is 2.04 bits per heavy atom. The quantitative estimate of drug-likeness (QED) is 0.629. The van der Waals surface area contributed by atoms with Crippen molar-refractivity contribution in [1.29, 1.82) is 0 Å². The highest BCUT2D eigenvalue weighted by Crippen LogP contribution is 2.30. The Hall–Kier alpha value is -1.34. The third kappa shape index (κ3) is 6.64. The fraction of sp³-hybridized carbons (Fsp3) is 0.421. The Morgan fingerprint density at radius 3 is 2.63 bits per heavy atom. The van der Waals surface area contributed by atoms with Crippen molar-refractivity contribution in [2.75, 3.05) is 19.4 Å². The van der Waals surface area contributed by atoms with Crippen molar-refractivity contribution in [1.82, 2.24) is 5.32 Å². The molecule has 0 spiro atoms. The summed E-state index contributed by atoms with van der Waals surface area (Å²) in [5.74, 6) is -0.255. The summed E-state index contributed by atoms with van der Waals surface area (Å²) in [5.41, 5.74) is 0.256. The second kappa shape index (κ2) is 9.24. The van der Waals surface area contributed by atoms with Crippen LogP contribution >= 0.6 is 23.2 Å². The van der Waals surface area contributed by atoms with Crippen molar-refractivity contribution in [3.8, 4) is 0 Å². The van der Waals surface area contributed by atoms with Gasteiger partial charge in [0.2, 0.25) is 5.91 Å². The molecule has 148 valence electrons. The second-order valence-electron chi connectivity index (χ2n) is 6.80. The van der Waals surface area contributed by atoms with E-state index in [1.165, 1.54) is 0 Å². The molecule has 1 aromatic carbocycles. The number of hydrogen-bond donors (Lipinski definition) is 1. The maximum absolute atomic E-state index is 12.6. The maximum Gasteiger partial charge on any atom is 0.264 e. The minimum Gasteiger partial charge on any atom is -0.355 e. The van der Waals surface area contributed by atoms with Crippen LogP contribution in [0.5, 0.6) is 0 Å². The average molecular weight is 432 g/mol. The molecule has 1 N–H and O–H groups in total. The first-order valence-corrected chi connectivity index (χ1v) is 11.1. The molecule has 5 nitrogen and oxygen atoms in total. The lowest BCUT2D eigenvalue weighted by molar-refractivity contribution is -0.127. The molecule has 0 aliphatic heterocycles. The zero-order valence-electron chi connectivity index (χ0n) is 15.2. The SMILES string of the molecule is CC1(C(=O)NCC(CCOS(C)(=O)=O)c2ccc(Cl)c(Cl)c2)C=CC=CC1. The first-order chi connectivity index (χ1) is 12.6. The third-order valence-corrected chi connectivity index (χ3v) is 5.79. The van der Waals surface area contributed by atoms with Crippen LogP contribution in [-0.2, 0) is 19.1 Å². The van der Waals surface area contributed by atoms with Gasteiger partial charge in [-0.2, -0.15) is 8.42 Å². The topological polar surface area (TPSA) is 72.5 Å². The number of allylic oxidation sites excluding steroid dienone is 3. The summed E-state index contributed by atoms with van der Waals surface area (Å²) in [6.45, 7) is 2.22. The van der Waals surface area contributed by atoms with Gasteiger partial charge in [0, 0.05) is 12.5 Å². The van der Waals surface area contributed by atoms with Crippen LogP contribution in [0.2, 0.25) is 10.0 Å². The average Bonchev–Trinajstić information content (AvgIpc) is 2.59. The maximum atomic E-state index is 12.6. The van der Waals surface area contributed by atoms with Crippen LogP contribution in [0, 0.1) is 5.41 Å². The zero-order valence-corrected chi connectivity index (χ0v) is 17.6. The molecule has 1 aliphatic rings. The number of halogens is 2. The van der Waals surface area contributed by atoms with E-state index in [1.54, 1.807) is 12.1 Å². The van der Waals surface area contributed by atoms with Gasteiger partial charge in [-0.1, -0.05) is 53.6 Å². The van der Waals surface area contributed by atoms with Gasteiger partial charge in [0.25, 0.3) is 10.1 Å². The number of carbonyl (C=O) groups is 1. The Morgan fingerprint density at radius 1 is 1.30 bits per heavy atom. The monoisotopic (exact) mass is 431 g/mol. The minimum atomic E-state index is -3.53. The molecular formula is C19H23Cl2NO4S. The van der Waals surface area contributed by atoms with E-state index in [2.05, 4.69) is 5.32 Å². The van der Waals surface area contributed by atoms with E-state index in [9.17, 15) is 13.2 Å². The van der Waals surface area contributed by atoms with Gasteiger partial charge >= 0.3 is 0 Å². The first-order valence-electron chi connectivity index (χ1n) is 8.53. The highest BCUT2D eigenvalue weighted by Gasteiger charge is 2.30. The normalized spacial score (nSPS) is 20.4. The largest absolute Gasteiger partial charge is 0.355 e. The lowest BCUT2D eigenvalue weighted by Crippen LogP contribution is -2.40. The van der Waals surface area contributed by atoms with E-state index in [4.69, 9.17) is 27.4 Å². The molecule has 2 rings (SSSR count). The van der Waals surface area contributed by atoms with E-state index in [0.29, 0.717) is 29.4 Å². The number of carbonyl (C=O) groups excluding carboxylic acids is 1. The molecule has 0 radical (unpaired) electrons. The Bertz CT molecular complexity index is 851. The van der Waals surface area contributed by atoms with Crippen LogP contribution in [0.3, 0.4) is 0 Å². The van der Waals surface area contributed by atoms with E-state index < -0.39 is 15.5 Å². The van der Waals surface area contributed by atoms with Gasteiger partial charge in [-0.3, -0.25) is 8.98 Å². The van der Waals surface area contributed by atoms with Gasteiger partial charge in [0.15, 0.2) is 0 Å². The van der Waals surface area contributed by atoms with E-state index in [-0.39, 0.29) is 18.4 Å². The van der Waals surface area contributed by atoms with Crippen LogP contribution in [0.15, 0.2) is 42.5 Å². The Kier molecular flexibility index (Phi) is 7.51. The van der Waals surface area contributed by atoms with Crippen LogP contribution in [0.25, 0.3) is 0 Å². The molecule has 1 amide bonds. The van der Waals surface area contributed by atoms with Crippen molar-refractivity contribution < 1.29 is 17.4 Å². The molecule has 27 heavy (non-hydrogen) atoms. The second-order valence-corrected chi connectivity index (χ2v) is 9.26. The lowest BCUT2D eigenvalue weighted by atomic mass is 9.82. The van der Waals surface area contributed by atoms with Crippen molar-refractivity contribution in [3.63, 3.8) is 0 Å². The van der Waals surface area contributed by atoms with E-state index in [1.807, 2.05) is 37.3 Å². The zero-order chi connectivity index (χ0) is 20.1. The van der Waals surface area contributed by atoms with Crippen molar-refractivity contribution in [2.45, 2.75) is 25.7 Å². The molecule has 1 aliphatic carbocycles. The summed E-state index contributed by atoms with van der Waals surface area (Å²) in [5, 5.41) is 3.81. The molecule has 2 unspecified atom stereocenters. The van der Waals surface area contributed by atoms with Gasteiger partial charge in [-0.15, -0.1) is 0 Å². The number of amides is 1. The van der Waals surface area contributed by atoms with Gasteiger partial charge in [-0.25, -0.2) is 0 Å². The molecule has 0 bridgehead atoms.